The number of hydrogen-bond acceptors (Lipinski definition) is 4. The van der Waals surface area contributed by atoms with Gasteiger partial charge in [0.15, 0.2) is 11.5 Å². The van der Waals surface area contributed by atoms with Crippen molar-refractivity contribution in [3.63, 3.8) is 0 Å². The van der Waals surface area contributed by atoms with E-state index < -0.39 is 0 Å². The van der Waals surface area contributed by atoms with Crippen molar-refractivity contribution in [2.24, 2.45) is 0 Å². The lowest BCUT2D eigenvalue weighted by Gasteiger charge is -2.28. The molecule has 1 aromatic rings. The molecule has 0 saturated carbocycles. The molecular weight excluding hydrogens is 322 g/mol. The Kier molecular flexibility index (Phi) is 5.31. The summed E-state index contributed by atoms with van der Waals surface area (Å²) in [6.45, 7) is 2.06. The maximum atomic E-state index is 12.4. The number of likely N-dealkylation sites (tertiary alicyclic amines) is 1. The third-order valence-electron chi connectivity index (χ3n) is 4.77. The molecule has 1 atom stereocenters. The number of rotatable bonds is 4. The lowest BCUT2D eigenvalue weighted by Crippen LogP contribution is -2.47. The van der Waals surface area contributed by atoms with Gasteiger partial charge in [-0.2, -0.15) is 0 Å². The van der Waals surface area contributed by atoms with Gasteiger partial charge in [-0.3, -0.25) is 4.79 Å². The molecule has 1 aromatic carbocycles. The number of benzene rings is 1. The number of ether oxygens (including phenoxy) is 2. The molecule has 7 nitrogen and oxygen atoms in total. The molecule has 0 aliphatic carbocycles. The highest BCUT2D eigenvalue weighted by Crippen LogP contribution is 2.33. The SMILES string of the molecule is COc1ccc(N2C[C@H](NC(=O)N3CCCCC3)CC2=O)cc1OC. The van der Waals surface area contributed by atoms with Gasteiger partial charge in [0, 0.05) is 37.8 Å². The normalized spacial score (nSPS) is 20.6. The van der Waals surface area contributed by atoms with Crippen molar-refractivity contribution in [2.75, 3.05) is 38.8 Å². The van der Waals surface area contributed by atoms with Crippen LogP contribution in [-0.2, 0) is 4.79 Å². The first-order chi connectivity index (χ1) is 12.1. The standard InChI is InChI=1S/C18H25N3O4/c1-24-15-7-6-14(11-16(15)25-2)21-12-13(10-17(21)22)19-18(23)20-8-4-3-5-9-20/h6-7,11,13H,3-5,8-10,12H2,1-2H3,(H,19,23)/t13-/m1/s1. The minimum absolute atomic E-state index is 0.00355. The Bertz CT molecular complexity index is 643. The van der Waals surface area contributed by atoms with Crippen LogP contribution in [-0.4, -0.2) is 56.7 Å². The molecule has 2 saturated heterocycles. The van der Waals surface area contributed by atoms with Crippen molar-refractivity contribution < 1.29 is 19.1 Å². The molecule has 0 radical (unpaired) electrons. The van der Waals surface area contributed by atoms with Crippen molar-refractivity contribution in [3.05, 3.63) is 18.2 Å². The van der Waals surface area contributed by atoms with Crippen LogP contribution >= 0.6 is 0 Å². The van der Waals surface area contributed by atoms with Crippen molar-refractivity contribution in [1.82, 2.24) is 10.2 Å². The molecule has 1 N–H and O–H groups in total. The highest BCUT2D eigenvalue weighted by molar-refractivity contribution is 5.97. The lowest BCUT2D eigenvalue weighted by molar-refractivity contribution is -0.117. The number of nitrogens with one attached hydrogen (secondary N) is 1. The topological polar surface area (TPSA) is 71.1 Å². The molecule has 0 bridgehead atoms. The summed E-state index contributed by atoms with van der Waals surface area (Å²) in [5, 5.41) is 3.00. The van der Waals surface area contributed by atoms with E-state index in [-0.39, 0.29) is 18.0 Å². The maximum absolute atomic E-state index is 12.4. The van der Waals surface area contributed by atoms with Gasteiger partial charge >= 0.3 is 6.03 Å². The number of carbonyl (C=O) groups is 2. The van der Waals surface area contributed by atoms with E-state index in [2.05, 4.69) is 5.32 Å². The van der Waals surface area contributed by atoms with Gasteiger partial charge in [0.1, 0.15) is 0 Å². The molecule has 2 aliphatic rings. The fourth-order valence-corrected chi connectivity index (χ4v) is 3.41. The summed E-state index contributed by atoms with van der Waals surface area (Å²) in [5.74, 6) is 1.19. The first kappa shape index (κ1) is 17.4. The number of amides is 3. The van der Waals surface area contributed by atoms with Crippen LogP contribution in [0.3, 0.4) is 0 Å². The van der Waals surface area contributed by atoms with Gasteiger partial charge in [-0.25, -0.2) is 4.79 Å². The molecule has 2 heterocycles. The summed E-state index contributed by atoms with van der Waals surface area (Å²) in [5.41, 5.74) is 0.748. The summed E-state index contributed by atoms with van der Waals surface area (Å²) < 4.78 is 10.5. The molecule has 0 unspecified atom stereocenters. The summed E-state index contributed by atoms with van der Waals surface area (Å²) >= 11 is 0. The van der Waals surface area contributed by atoms with Crippen molar-refractivity contribution in [3.8, 4) is 11.5 Å². The highest BCUT2D eigenvalue weighted by atomic mass is 16.5. The Balaban J connectivity index is 1.65. The number of hydrogen-bond donors (Lipinski definition) is 1. The second-order valence-corrected chi connectivity index (χ2v) is 6.44. The number of anilines is 1. The van der Waals surface area contributed by atoms with E-state index in [1.54, 1.807) is 31.3 Å². The van der Waals surface area contributed by atoms with E-state index in [4.69, 9.17) is 9.47 Å². The van der Waals surface area contributed by atoms with Crippen LogP contribution in [0.5, 0.6) is 11.5 Å². The van der Waals surface area contributed by atoms with E-state index in [1.807, 2.05) is 11.0 Å². The second kappa shape index (κ2) is 7.63. The molecule has 136 valence electrons. The molecule has 25 heavy (non-hydrogen) atoms. The largest absolute Gasteiger partial charge is 0.493 e. The van der Waals surface area contributed by atoms with Crippen LogP contribution in [0, 0.1) is 0 Å². The van der Waals surface area contributed by atoms with Gasteiger partial charge in [0.25, 0.3) is 0 Å². The van der Waals surface area contributed by atoms with E-state index in [1.165, 1.54) is 6.42 Å². The molecule has 2 fully saturated rings. The van der Waals surface area contributed by atoms with E-state index >= 15 is 0 Å². The minimum atomic E-state index is -0.171. The van der Waals surface area contributed by atoms with Crippen LogP contribution in [0.1, 0.15) is 25.7 Å². The minimum Gasteiger partial charge on any atom is -0.493 e. The molecule has 7 heteroatoms. The van der Waals surface area contributed by atoms with Crippen LogP contribution < -0.4 is 19.7 Å². The molecule has 3 amide bonds. The lowest BCUT2D eigenvalue weighted by atomic mass is 10.1. The molecule has 3 rings (SSSR count). The van der Waals surface area contributed by atoms with Crippen LogP contribution in [0.2, 0.25) is 0 Å². The first-order valence-electron chi connectivity index (χ1n) is 8.70. The first-order valence-corrected chi connectivity index (χ1v) is 8.70. The fourth-order valence-electron chi connectivity index (χ4n) is 3.41. The third-order valence-corrected chi connectivity index (χ3v) is 4.77. The summed E-state index contributed by atoms with van der Waals surface area (Å²) in [4.78, 5) is 28.2. The average Bonchev–Trinajstić information content (AvgIpc) is 3.01. The summed E-state index contributed by atoms with van der Waals surface area (Å²) in [7, 11) is 3.14. The number of nitrogens with zero attached hydrogens (tertiary/aromatic N) is 2. The van der Waals surface area contributed by atoms with E-state index in [0.717, 1.165) is 31.6 Å². The van der Waals surface area contributed by atoms with Gasteiger partial charge in [0.2, 0.25) is 5.91 Å². The second-order valence-electron chi connectivity index (χ2n) is 6.44. The van der Waals surface area contributed by atoms with Gasteiger partial charge < -0.3 is 24.6 Å². The third kappa shape index (κ3) is 3.81. The van der Waals surface area contributed by atoms with Gasteiger partial charge in [-0.15, -0.1) is 0 Å². The number of piperidine rings is 1. The van der Waals surface area contributed by atoms with Gasteiger partial charge in [-0.1, -0.05) is 0 Å². The molecular formula is C18H25N3O4. The summed E-state index contributed by atoms with van der Waals surface area (Å²) in [6, 6.07) is 5.16. The smallest absolute Gasteiger partial charge is 0.317 e. The Morgan fingerprint density at radius 3 is 2.52 bits per heavy atom. The molecule has 2 aliphatic heterocycles. The van der Waals surface area contributed by atoms with E-state index in [9.17, 15) is 9.59 Å². The molecule has 0 spiro atoms. The Hall–Kier alpha value is -2.44. The van der Waals surface area contributed by atoms with Crippen LogP contribution in [0.25, 0.3) is 0 Å². The number of methoxy groups -OCH3 is 2. The Labute approximate surface area is 147 Å². The highest BCUT2D eigenvalue weighted by Gasteiger charge is 2.33. The zero-order valence-corrected chi connectivity index (χ0v) is 14.8. The average molecular weight is 347 g/mol. The van der Waals surface area contributed by atoms with Crippen LogP contribution in [0.4, 0.5) is 10.5 Å². The van der Waals surface area contributed by atoms with Crippen molar-refractivity contribution in [2.45, 2.75) is 31.7 Å². The Morgan fingerprint density at radius 2 is 1.84 bits per heavy atom. The van der Waals surface area contributed by atoms with Crippen molar-refractivity contribution in [1.29, 1.82) is 0 Å². The monoisotopic (exact) mass is 347 g/mol. The van der Waals surface area contributed by atoms with Gasteiger partial charge in [-0.05, 0) is 31.4 Å². The zero-order chi connectivity index (χ0) is 17.8. The predicted octanol–water partition coefficient (Wildman–Crippen LogP) is 2.00. The Morgan fingerprint density at radius 1 is 1.12 bits per heavy atom. The maximum Gasteiger partial charge on any atom is 0.317 e. The fraction of sp³-hybridized carbons (Fsp3) is 0.556. The zero-order valence-electron chi connectivity index (χ0n) is 14.8. The van der Waals surface area contributed by atoms with Crippen molar-refractivity contribution >= 4 is 17.6 Å². The summed E-state index contributed by atoms with van der Waals surface area (Å²) in [6.07, 6.45) is 3.59. The quantitative estimate of drug-likeness (QED) is 0.904. The number of carbonyl (C=O) groups excluding carboxylic acids is 2. The molecule has 0 aromatic heterocycles. The van der Waals surface area contributed by atoms with E-state index in [0.29, 0.717) is 24.5 Å². The predicted molar refractivity (Wildman–Crippen MR) is 94.3 cm³/mol. The van der Waals surface area contributed by atoms with Gasteiger partial charge in [0.05, 0.1) is 20.3 Å². The number of urea groups is 1. The van der Waals surface area contributed by atoms with Crippen LogP contribution in [0.15, 0.2) is 18.2 Å².